The molecule has 1 fully saturated rings. The van der Waals surface area contributed by atoms with Gasteiger partial charge in [0.15, 0.2) is 0 Å². The summed E-state index contributed by atoms with van der Waals surface area (Å²) in [6.45, 7) is 7.84. The van der Waals surface area contributed by atoms with E-state index in [9.17, 15) is 9.59 Å². The average Bonchev–Trinajstić information content (AvgIpc) is 2.52. The molecule has 4 nitrogen and oxygen atoms in total. The SMILES string of the molecule is CC(C)(C)c1ccc(SCC(=O)N2CCC(C(N)=O)CC2)cc1. The smallest absolute Gasteiger partial charge is 0.232 e. The van der Waals surface area contributed by atoms with Gasteiger partial charge in [-0.05, 0) is 36.0 Å². The van der Waals surface area contributed by atoms with Crippen molar-refractivity contribution in [3.05, 3.63) is 29.8 Å². The van der Waals surface area contributed by atoms with Gasteiger partial charge in [-0.3, -0.25) is 9.59 Å². The maximum Gasteiger partial charge on any atom is 0.232 e. The lowest BCUT2D eigenvalue weighted by Crippen LogP contribution is -2.42. The molecule has 1 aliphatic heterocycles. The summed E-state index contributed by atoms with van der Waals surface area (Å²) in [6.07, 6.45) is 1.37. The summed E-state index contributed by atoms with van der Waals surface area (Å²) in [7, 11) is 0. The number of carbonyl (C=O) groups excluding carboxylic acids is 2. The van der Waals surface area contributed by atoms with E-state index in [1.807, 2.05) is 4.90 Å². The zero-order valence-electron chi connectivity index (χ0n) is 14.2. The minimum atomic E-state index is -0.245. The number of hydrogen-bond acceptors (Lipinski definition) is 3. The van der Waals surface area contributed by atoms with Crippen molar-refractivity contribution in [2.24, 2.45) is 11.7 Å². The van der Waals surface area contributed by atoms with E-state index in [4.69, 9.17) is 5.73 Å². The molecule has 126 valence electrons. The second kappa shape index (κ2) is 7.39. The molecule has 2 rings (SSSR count). The van der Waals surface area contributed by atoms with Crippen LogP contribution in [-0.4, -0.2) is 35.6 Å². The number of nitrogens with two attached hydrogens (primary N) is 1. The van der Waals surface area contributed by atoms with Gasteiger partial charge < -0.3 is 10.6 Å². The molecular formula is C18H26N2O2S. The first-order valence-corrected chi connectivity index (χ1v) is 9.06. The number of thioether (sulfide) groups is 1. The van der Waals surface area contributed by atoms with Crippen molar-refractivity contribution >= 4 is 23.6 Å². The largest absolute Gasteiger partial charge is 0.369 e. The summed E-state index contributed by atoms with van der Waals surface area (Å²) in [5.74, 6) is 0.260. The second-order valence-electron chi connectivity index (χ2n) is 7.12. The van der Waals surface area contributed by atoms with Crippen LogP contribution in [0.15, 0.2) is 29.2 Å². The van der Waals surface area contributed by atoms with Crippen LogP contribution in [0.2, 0.25) is 0 Å². The molecule has 1 aromatic carbocycles. The summed E-state index contributed by atoms with van der Waals surface area (Å²) < 4.78 is 0. The standard InChI is InChI=1S/C18H26N2O2S/c1-18(2,3)14-4-6-15(7-5-14)23-12-16(21)20-10-8-13(9-11-20)17(19)22/h4-7,13H,8-12H2,1-3H3,(H2,19,22). The molecule has 1 aliphatic rings. The van der Waals surface area contributed by atoms with Gasteiger partial charge in [0.2, 0.25) is 11.8 Å². The number of amides is 2. The lowest BCUT2D eigenvalue weighted by Gasteiger charge is -2.30. The molecule has 0 spiro atoms. The lowest BCUT2D eigenvalue weighted by atomic mass is 9.87. The molecule has 0 bridgehead atoms. The average molecular weight is 334 g/mol. The highest BCUT2D eigenvalue weighted by Crippen LogP contribution is 2.26. The topological polar surface area (TPSA) is 63.4 Å². The molecule has 2 amide bonds. The number of benzene rings is 1. The molecule has 0 unspecified atom stereocenters. The van der Waals surface area contributed by atoms with Crippen molar-refractivity contribution in [1.82, 2.24) is 4.90 Å². The van der Waals surface area contributed by atoms with Crippen molar-refractivity contribution in [2.45, 2.75) is 43.9 Å². The molecule has 23 heavy (non-hydrogen) atoms. The van der Waals surface area contributed by atoms with E-state index in [1.54, 1.807) is 11.8 Å². The molecule has 1 saturated heterocycles. The van der Waals surface area contributed by atoms with E-state index in [0.29, 0.717) is 31.7 Å². The van der Waals surface area contributed by atoms with Crippen molar-refractivity contribution in [3.63, 3.8) is 0 Å². The first kappa shape index (κ1) is 17.9. The maximum absolute atomic E-state index is 12.3. The lowest BCUT2D eigenvalue weighted by molar-refractivity contribution is -0.132. The van der Waals surface area contributed by atoms with Gasteiger partial charge in [-0.25, -0.2) is 0 Å². The molecule has 0 aliphatic carbocycles. The Kier molecular flexibility index (Phi) is 5.74. The van der Waals surface area contributed by atoms with E-state index in [0.717, 1.165) is 4.90 Å². The normalized spacial score (nSPS) is 16.4. The van der Waals surface area contributed by atoms with Crippen molar-refractivity contribution in [3.8, 4) is 0 Å². The van der Waals surface area contributed by atoms with Crippen molar-refractivity contribution in [1.29, 1.82) is 0 Å². The van der Waals surface area contributed by atoms with Crippen LogP contribution in [0, 0.1) is 5.92 Å². The zero-order valence-corrected chi connectivity index (χ0v) is 15.0. The third-order valence-corrected chi connectivity index (χ3v) is 5.33. The number of carbonyl (C=O) groups is 2. The Morgan fingerprint density at radius 1 is 1.17 bits per heavy atom. The fraction of sp³-hybridized carbons (Fsp3) is 0.556. The van der Waals surface area contributed by atoms with Crippen LogP contribution in [0.25, 0.3) is 0 Å². The monoisotopic (exact) mass is 334 g/mol. The van der Waals surface area contributed by atoms with Gasteiger partial charge in [0.05, 0.1) is 5.75 Å². The van der Waals surface area contributed by atoms with Crippen LogP contribution in [0.5, 0.6) is 0 Å². The van der Waals surface area contributed by atoms with E-state index in [1.165, 1.54) is 5.56 Å². The summed E-state index contributed by atoms with van der Waals surface area (Å²) >= 11 is 1.57. The molecule has 0 atom stereocenters. The third-order valence-electron chi connectivity index (χ3n) is 4.33. The molecule has 1 aromatic rings. The van der Waals surface area contributed by atoms with Crippen molar-refractivity contribution in [2.75, 3.05) is 18.8 Å². The summed E-state index contributed by atoms with van der Waals surface area (Å²) in [5.41, 5.74) is 6.76. The number of likely N-dealkylation sites (tertiary alicyclic amines) is 1. The fourth-order valence-corrected chi connectivity index (χ4v) is 3.50. The van der Waals surface area contributed by atoms with Gasteiger partial charge in [0.25, 0.3) is 0 Å². The number of hydrogen-bond donors (Lipinski definition) is 1. The molecule has 1 heterocycles. The summed E-state index contributed by atoms with van der Waals surface area (Å²) in [4.78, 5) is 26.4. The third kappa shape index (κ3) is 4.99. The number of nitrogens with zero attached hydrogens (tertiary/aromatic N) is 1. The summed E-state index contributed by atoms with van der Waals surface area (Å²) in [5, 5.41) is 0. The van der Waals surface area contributed by atoms with Crippen LogP contribution >= 0.6 is 11.8 Å². The molecular weight excluding hydrogens is 308 g/mol. The van der Waals surface area contributed by atoms with E-state index < -0.39 is 0 Å². The van der Waals surface area contributed by atoms with E-state index >= 15 is 0 Å². The van der Waals surface area contributed by atoms with Gasteiger partial charge in [0.1, 0.15) is 0 Å². The predicted molar refractivity (Wildman–Crippen MR) is 94.4 cm³/mol. The van der Waals surface area contributed by atoms with Crippen LogP contribution in [0.4, 0.5) is 0 Å². The molecule has 5 heteroatoms. The van der Waals surface area contributed by atoms with Gasteiger partial charge in [-0.1, -0.05) is 32.9 Å². The van der Waals surface area contributed by atoms with Crippen LogP contribution in [-0.2, 0) is 15.0 Å². The molecule has 0 radical (unpaired) electrons. The highest BCUT2D eigenvalue weighted by atomic mass is 32.2. The maximum atomic E-state index is 12.3. The van der Waals surface area contributed by atoms with E-state index in [-0.39, 0.29) is 23.1 Å². The van der Waals surface area contributed by atoms with Gasteiger partial charge in [0, 0.05) is 23.9 Å². The molecule has 2 N–H and O–H groups in total. The predicted octanol–water partition coefficient (Wildman–Crippen LogP) is 2.80. The van der Waals surface area contributed by atoms with Crippen molar-refractivity contribution < 1.29 is 9.59 Å². The van der Waals surface area contributed by atoms with Gasteiger partial charge in [-0.15, -0.1) is 11.8 Å². The van der Waals surface area contributed by atoms with Crippen LogP contribution < -0.4 is 5.73 Å². The van der Waals surface area contributed by atoms with Crippen LogP contribution in [0.3, 0.4) is 0 Å². The van der Waals surface area contributed by atoms with Gasteiger partial charge in [-0.2, -0.15) is 0 Å². The first-order valence-electron chi connectivity index (χ1n) is 8.08. The Labute approximate surface area is 142 Å². The minimum absolute atomic E-state index is 0.0726. The van der Waals surface area contributed by atoms with Crippen LogP contribution in [0.1, 0.15) is 39.2 Å². The number of rotatable bonds is 4. The Bertz CT molecular complexity index is 555. The highest BCUT2D eigenvalue weighted by molar-refractivity contribution is 8.00. The van der Waals surface area contributed by atoms with E-state index in [2.05, 4.69) is 45.0 Å². The quantitative estimate of drug-likeness (QED) is 0.861. The Morgan fingerprint density at radius 3 is 2.22 bits per heavy atom. The Hall–Kier alpha value is -1.49. The van der Waals surface area contributed by atoms with Gasteiger partial charge >= 0.3 is 0 Å². The Balaban J connectivity index is 1.82. The second-order valence-corrected chi connectivity index (χ2v) is 8.17. The zero-order chi connectivity index (χ0) is 17.0. The molecule has 0 saturated carbocycles. The Morgan fingerprint density at radius 2 is 1.74 bits per heavy atom. The fourth-order valence-electron chi connectivity index (χ4n) is 2.70. The minimum Gasteiger partial charge on any atom is -0.369 e. The number of primary amides is 1. The summed E-state index contributed by atoms with van der Waals surface area (Å²) in [6, 6.07) is 8.42. The highest BCUT2D eigenvalue weighted by Gasteiger charge is 2.25. The first-order chi connectivity index (χ1) is 10.8. The number of piperidine rings is 1. The molecule has 0 aromatic heterocycles.